The number of amides is 3. The fourth-order valence-electron chi connectivity index (χ4n) is 3.08. The van der Waals surface area contributed by atoms with Crippen molar-refractivity contribution in [2.45, 2.75) is 6.92 Å². The Bertz CT molecular complexity index is 1160. The Labute approximate surface area is 172 Å². The van der Waals surface area contributed by atoms with Gasteiger partial charge < -0.3 is 14.8 Å². The van der Waals surface area contributed by atoms with Crippen LogP contribution in [0.4, 0.5) is 5.69 Å². The van der Waals surface area contributed by atoms with Gasteiger partial charge in [0.1, 0.15) is 17.2 Å². The standard InChI is InChI=1S/C23H18N2O5/c1-2-29-16-7-3-5-14(11-16)21(26)24-15-6-4-8-17(12-15)30-18-9-10-19-20(13-18)23(28)25-22(19)27/h3-13H,2H2,1H3,(H,24,26)(H,25,27,28). The number of carbonyl (C=O) groups is 3. The molecule has 0 atom stereocenters. The highest BCUT2D eigenvalue weighted by Crippen LogP contribution is 2.28. The van der Waals surface area contributed by atoms with Crippen LogP contribution in [0.15, 0.2) is 66.7 Å². The van der Waals surface area contributed by atoms with E-state index >= 15 is 0 Å². The van der Waals surface area contributed by atoms with Crippen LogP contribution in [-0.4, -0.2) is 24.3 Å². The maximum Gasteiger partial charge on any atom is 0.259 e. The van der Waals surface area contributed by atoms with Crippen molar-refractivity contribution in [3.05, 3.63) is 83.4 Å². The number of ether oxygens (including phenoxy) is 2. The largest absolute Gasteiger partial charge is 0.494 e. The second-order valence-electron chi connectivity index (χ2n) is 6.54. The Balaban J connectivity index is 1.49. The molecule has 3 amide bonds. The summed E-state index contributed by atoms with van der Waals surface area (Å²) in [6, 6.07) is 18.5. The summed E-state index contributed by atoms with van der Waals surface area (Å²) >= 11 is 0. The highest BCUT2D eigenvalue weighted by atomic mass is 16.5. The van der Waals surface area contributed by atoms with Crippen molar-refractivity contribution >= 4 is 23.4 Å². The number of fused-ring (bicyclic) bond motifs is 1. The monoisotopic (exact) mass is 402 g/mol. The molecule has 0 radical (unpaired) electrons. The first kappa shape index (κ1) is 19.2. The van der Waals surface area contributed by atoms with Crippen LogP contribution in [0.2, 0.25) is 0 Å². The van der Waals surface area contributed by atoms with Crippen molar-refractivity contribution in [3.8, 4) is 17.2 Å². The number of imide groups is 1. The van der Waals surface area contributed by atoms with Crippen molar-refractivity contribution < 1.29 is 23.9 Å². The summed E-state index contributed by atoms with van der Waals surface area (Å²) in [5, 5.41) is 5.07. The van der Waals surface area contributed by atoms with Crippen LogP contribution >= 0.6 is 0 Å². The number of nitrogens with one attached hydrogen (secondary N) is 2. The summed E-state index contributed by atoms with van der Waals surface area (Å²) in [5.74, 6) is 0.366. The van der Waals surface area contributed by atoms with Crippen LogP contribution in [0.5, 0.6) is 17.2 Å². The quantitative estimate of drug-likeness (QED) is 0.608. The molecule has 7 heteroatoms. The Morgan fingerprint density at radius 1 is 0.867 bits per heavy atom. The fraction of sp³-hybridized carbons (Fsp3) is 0.0870. The first-order valence-electron chi connectivity index (χ1n) is 9.35. The number of carbonyl (C=O) groups excluding carboxylic acids is 3. The molecule has 0 aromatic heterocycles. The molecule has 1 aliphatic rings. The molecule has 0 fully saturated rings. The van der Waals surface area contributed by atoms with Crippen molar-refractivity contribution in [1.29, 1.82) is 0 Å². The number of benzene rings is 3. The summed E-state index contributed by atoms with van der Waals surface area (Å²) in [4.78, 5) is 36.0. The molecule has 3 aromatic carbocycles. The first-order valence-corrected chi connectivity index (χ1v) is 9.35. The Hall–Kier alpha value is -4.13. The molecule has 3 aromatic rings. The lowest BCUT2D eigenvalue weighted by Gasteiger charge is -2.10. The maximum absolute atomic E-state index is 12.6. The van der Waals surface area contributed by atoms with Gasteiger partial charge in [0.25, 0.3) is 17.7 Å². The van der Waals surface area contributed by atoms with Gasteiger partial charge in [-0.1, -0.05) is 12.1 Å². The predicted molar refractivity (Wildman–Crippen MR) is 110 cm³/mol. The Morgan fingerprint density at radius 3 is 2.43 bits per heavy atom. The highest BCUT2D eigenvalue weighted by molar-refractivity contribution is 6.21. The van der Waals surface area contributed by atoms with Crippen molar-refractivity contribution in [3.63, 3.8) is 0 Å². The zero-order chi connectivity index (χ0) is 21.1. The van der Waals surface area contributed by atoms with Crippen LogP contribution in [0.25, 0.3) is 0 Å². The van der Waals surface area contributed by atoms with E-state index in [9.17, 15) is 14.4 Å². The molecule has 1 heterocycles. The zero-order valence-electron chi connectivity index (χ0n) is 16.1. The predicted octanol–water partition coefficient (Wildman–Crippen LogP) is 4.01. The summed E-state index contributed by atoms with van der Waals surface area (Å²) in [6.45, 7) is 2.40. The molecular weight excluding hydrogens is 384 g/mol. The summed E-state index contributed by atoms with van der Waals surface area (Å²) in [5.41, 5.74) is 1.62. The van der Waals surface area contributed by atoms with Gasteiger partial charge in [0.2, 0.25) is 0 Å². The van der Waals surface area contributed by atoms with Crippen LogP contribution in [-0.2, 0) is 0 Å². The first-order chi connectivity index (χ1) is 14.5. The van der Waals surface area contributed by atoms with E-state index in [1.54, 1.807) is 60.7 Å². The smallest absolute Gasteiger partial charge is 0.259 e. The third-order valence-corrected chi connectivity index (χ3v) is 4.44. The average molecular weight is 402 g/mol. The summed E-state index contributed by atoms with van der Waals surface area (Å²) < 4.78 is 11.2. The van der Waals surface area contributed by atoms with Crippen molar-refractivity contribution in [1.82, 2.24) is 5.32 Å². The molecule has 0 bridgehead atoms. The number of rotatable bonds is 6. The fourth-order valence-corrected chi connectivity index (χ4v) is 3.08. The lowest BCUT2D eigenvalue weighted by atomic mass is 10.1. The normalized spacial score (nSPS) is 12.2. The lowest BCUT2D eigenvalue weighted by molar-refractivity contribution is 0.0878. The molecule has 0 aliphatic carbocycles. The molecule has 0 saturated carbocycles. The zero-order valence-corrected chi connectivity index (χ0v) is 16.1. The molecule has 7 nitrogen and oxygen atoms in total. The van der Waals surface area contributed by atoms with Crippen LogP contribution < -0.4 is 20.1 Å². The van der Waals surface area contributed by atoms with Gasteiger partial charge in [-0.3, -0.25) is 19.7 Å². The van der Waals surface area contributed by atoms with E-state index in [0.717, 1.165) is 0 Å². The topological polar surface area (TPSA) is 93.7 Å². The molecule has 0 saturated heterocycles. The van der Waals surface area contributed by atoms with Crippen LogP contribution in [0.1, 0.15) is 38.0 Å². The third kappa shape index (κ3) is 4.00. The Kier molecular flexibility index (Phi) is 5.17. The van der Waals surface area contributed by atoms with Gasteiger partial charge >= 0.3 is 0 Å². The van der Waals surface area contributed by atoms with E-state index in [-0.39, 0.29) is 11.5 Å². The second-order valence-corrected chi connectivity index (χ2v) is 6.54. The average Bonchev–Trinajstić information content (AvgIpc) is 3.02. The van der Waals surface area contributed by atoms with E-state index in [1.807, 2.05) is 6.92 Å². The van der Waals surface area contributed by atoms with Gasteiger partial charge in [-0.2, -0.15) is 0 Å². The van der Waals surface area contributed by atoms with Crippen molar-refractivity contribution in [2.75, 3.05) is 11.9 Å². The number of anilines is 1. The van der Waals surface area contributed by atoms with E-state index in [2.05, 4.69) is 10.6 Å². The van der Waals surface area contributed by atoms with Crippen LogP contribution in [0, 0.1) is 0 Å². The van der Waals surface area contributed by atoms with E-state index < -0.39 is 11.8 Å². The highest BCUT2D eigenvalue weighted by Gasteiger charge is 2.26. The van der Waals surface area contributed by atoms with Gasteiger partial charge in [-0.25, -0.2) is 0 Å². The summed E-state index contributed by atoms with van der Waals surface area (Å²) in [6.07, 6.45) is 0. The van der Waals surface area contributed by atoms with Crippen LogP contribution in [0.3, 0.4) is 0 Å². The molecule has 0 unspecified atom stereocenters. The molecule has 1 aliphatic heterocycles. The van der Waals surface area contributed by atoms with E-state index in [0.29, 0.717) is 40.7 Å². The molecular formula is C23H18N2O5. The van der Waals surface area contributed by atoms with Gasteiger partial charge in [-0.15, -0.1) is 0 Å². The molecule has 0 spiro atoms. The SMILES string of the molecule is CCOc1cccc(C(=O)Nc2cccc(Oc3ccc4c(c3)C(=O)NC4=O)c2)c1. The van der Waals surface area contributed by atoms with Gasteiger partial charge in [-0.05, 0) is 55.5 Å². The summed E-state index contributed by atoms with van der Waals surface area (Å²) in [7, 11) is 0. The molecule has 2 N–H and O–H groups in total. The minimum absolute atomic E-state index is 0.274. The number of hydrogen-bond acceptors (Lipinski definition) is 5. The minimum Gasteiger partial charge on any atom is -0.494 e. The van der Waals surface area contributed by atoms with Crippen molar-refractivity contribution in [2.24, 2.45) is 0 Å². The molecule has 30 heavy (non-hydrogen) atoms. The third-order valence-electron chi connectivity index (χ3n) is 4.44. The maximum atomic E-state index is 12.6. The van der Waals surface area contributed by atoms with E-state index in [1.165, 1.54) is 6.07 Å². The number of hydrogen-bond donors (Lipinski definition) is 2. The minimum atomic E-state index is -0.448. The Morgan fingerprint density at radius 2 is 1.60 bits per heavy atom. The molecule has 4 rings (SSSR count). The van der Waals surface area contributed by atoms with E-state index in [4.69, 9.17) is 9.47 Å². The second kappa shape index (κ2) is 8.08. The lowest BCUT2D eigenvalue weighted by Crippen LogP contribution is -2.19. The van der Waals surface area contributed by atoms with Gasteiger partial charge in [0.15, 0.2) is 0 Å². The van der Waals surface area contributed by atoms with Gasteiger partial charge in [0.05, 0.1) is 17.7 Å². The molecule has 150 valence electrons. The van der Waals surface area contributed by atoms with Gasteiger partial charge in [0, 0.05) is 17.3 Å².